The van der Waals surface area contributed by atoms with E-state index in [1.165, 1.54) is 0 Å². The Labute approximate surface area is 151 Å². The van der Waals surface area contributed by atoms with E-state index in [2.05, 4.69) is 0 Å². The summed E-state index contributed by atoms with van der Waals surface area (Å²) in [6.07, 6.45) is 0. The van der Waals surface area contributed by atoms with E-state index in [0.29, 0.717) is 31.1 Å². The summed E-state index contributed by atoms with van der Waals surface area (Å²) in [4.78, 5) is 16.2. The fourth-order valence-electron chi connectivity index (χ4n) is 3.56. The number of likely N-dealkylation sites (N-methyl/N-ethyl adjacent to an activating group) is 1. The zero-order valence-corrected chi connectivity index (χ0v) is 16.9. The van der Waals surface area contributed by atoms with Gasteiger partial charge in [-0.15, -0.1) is 0 Å². The first-order chi connectivity index (χ1) is 11.6. The minimum absolute atomic E-state index is 0.0431. The van der Waals surface area contributed by atoms with Crippen LogP contribution >= 0.6 is 0 Å². The number of aryl methyl sites for hydroxylation is 3. The SMILES string of the molecule is Cc1cc(C)c(S(=O)(=O)N2CCN([C@H](C)C(=O)N(C)C)CC2)c(C)c1. The van der Waals surface area contributed by atoms with Crippen molar-refractivity contribution in [1.82, 2.24) is 14.1 Å². The Morgan fingerprint density at radius 2 is 1.52 bits per heavy atom. The Balaban J connectivity index is 2.16. The molecule has 1 saturated heterocycles. The van der Waals surface area contributed by atoms with Crippen molar-refractivity contribution in [2.75, 3.05) is 40.3 Å². The number of carbonyl (C=O) groups excluding carboxylic acids is 1. The van der Waals surface area contributed by atoms with Crippen molar-refractivity contribution in [3.8, 4) is 0 Å². The van der Waals surface area contributed by atoms with Gasteiger partial charge in [0, 0.05) is 40.3 Å². The molecular formula is C18H29N3O3S. The minimum atomic E-state index is -3.51. The normalized spacial score (nSPS) is 18.2. The van der Waals surface area contributed by atoms with Crippen molar-refractivity contribution in [1.29, 1.82) is 0 Å². The summed E-state index contributed by atoms with van der Waals surface area (Å²) in [5.74, 6) is 0.0431. The molecule has 7 heteroatoms. The summed E-state index contributed by atoms with van der Waals surface area (Å²) in [6, 6.07) is 3.59. The van der Waals surface area contributed by atoms with Crippen LogP contribution in [0, 0.1) is 20.8 Å². The minimum Gasteiger partial charge on any atom is -0.347 e. The van der Waals surface area contributed by atoms with Gasteiger partial charge >= 0.3 is 0 Å². The maximum Gasteiger partial charge on any atom is 0.243 e. The molecule has 6 nitrogen and oxygen atoms in total. The van der Waals surface area contributed by atoms with Gasteiger partial charge < -0.3 is 4.90 Å². The molecule has 140 valence electrons. The number of amides is 1. The third kappa shape index (κ3) is 4.04. The molecule has 1 aliphatic heterocycles. The number of hydrogen-bond donors (Lipinski definition) is 0. The monoisotopic (exact) mass is 367 g/mol. The number of sulfonamides is 1. The predicted octanol–water partition coefficient (Wildman–Crippen LogP) is 1.39. The summed E-state index contributed by atoms with van der Waals surface area (Å²) in [5, 5.41) is 0. The molecule has 25 heavy (non-hydrogen) atoms. The highest BCUT2D eigenvalue weighted by Crippen LogP contribution is 2.26. The number of rotatable bonds is 4. The molecule has 1 heterocycles. The maximum atomic E-state index is 13.1. The number of hydrogen-bond acceptors (Lipinski definition) is 4. The second-order valence-corrected chi connectivity index (χ2v) is 8.95. The fraction of sp³-hybridized carbons (Fsp3) is 0.611. The zero-order valence-electron chi connectivity index (χ0n) is 16.0. The van der Waals surface area contributed by atoms with Gasteiger partial charge in [-0.1, -0.05) is 17.7 Å². The Bertz CT molecular complexity index is 728. The average molecular weight is 368 g/mol. The molecule has 0 spiro atoms. The van der Waals surface area contributed by atoms with Crippen LogP contribution in [0.25, 0.3) is 0 Å². The topological polar surface area (TPSA) is 60.9 Å². The number of piperazine rings is 1. The van der Waals surface area contributed by atoms with E-state index < -0.39 is 10.0 Å². The van der Waals surface area contributed by atoms with Gasteiger partial charge in [-0.05, 0) is 38.8 Å². The highest BCUT2D eigenvalue weighted by atomic mass is 32.2. The molecule has 1 aromatic rings. The van der Waals surface area contributed by atoms with E-state index in [1.807, 2.05) is 44.7 Å². The van der Waals surface area contributed by atoms with Crippen LogP contribution in [0.15, 0.2) is 17.0 Å². The summed E-state index contributed by atoms with van der Waals surface area (Å²) in [5.41, 5.74) is 2.64. The van der Waals surface area contributed by atoms with Gasteiger partial charge in [-0.3, -0.25) is 9.69 Å². The molecule has 0 bridgehead atoms. The lowest BCUT2D eigenvalue weighted by Crippen LogP contribution is -2.54. The van der Waals surface area contributed by atoms with Crippen LogP contribution in [0.2, 0.25) is 0 Å². The van der Waals surface area contributed by atoms with Gasteiger partial charge in [0.1, 0.15) is 0 Å². The average Bonchev–Trinajstić information content (AvgIpc) is 2.52. The standard InChI is InChI=1S/C18H29N3O3S/c1-13-11-14(2)17(15(3)12-13)25(23,24)21-9-7-20(8-10-21)16(4)18(22)19(5)6/h11-12,16H,7-10H2,1-6H3/t16-/m1/s1. The predicted molar refractivity (Wildman–Crippen MR) is 99.1 cm³/mol. The van der Waals surface area contributed by atoms with E-state index in [-0.39, 0.29) is 11.9 Å². The van der Waals surface area contributed by atoms with Gasteiger partial charge in [0.15, 0.2) is 0 Å². The van der Waals surface area contributed by atoms with Gasteiger partial charge in [0.05, 0.1) is 10.9 Å². The Kier molecular flexibility index (Phi) is 5.91. The second-order valence-electron chi connectivity index (χ2n) is 7.08. The van der Waals surface area contributed by atoms with E-state index in [1.54, 1.807) is 23.3 Å². The Morgan fingerprint density at radius 3 is 1.96 bits per heavy atom. The van der Waals surface area contributed by atoms with E-state index in [4.69, 9.17) is 0 Å². The molecule has 1 atom stereocenters. The highest BCUT2D eigenvalue weighted by Gasteiger charge is 2.33. The first-order valence-electron chi connectivity index (χ1n) is 8.59. The van der Waals surface area contributed by atoms with Crippen LogP contribution < -0.4 is 0 Å². The van der Waals surface area contributed by atoms with E-state index in [9.17, 15) is 13.2 Å². The number of carbonyl (C=O) groups is 1. The van der Waals surface area contributed by atoms with Crippen molar-refractivity contribution in [2.24, 2.45) is 0 Å². The van der Waals surface area contributed by atoms with Crippen molar-refractivity contribution in [3.05, 3.63) is 28.8 Å². The summed E-state index contributed by atoms with van der Waals surface area (Å²) in [6.45, 7) is 9.47. The van der Waals surface area contributed by atoms with Crippen LogP contribution in [0.4, 0.5) is 0 Å². The van der Waals surface area contributed by atoms with Crippen molar-refractivity contribution in [3.63, 3.8) is 0 Å². The molecule has 1 fully saturated rings. The molecule has 1 aliphatic rings. The third-order valence-corrected chi connectivity index (χ3v) is 7.03. The quantitative estimate of drug-likeness (QED) is 0.807. The Morgan fingerprint density at radius 1 is 1.04 bits per heavy atom. The summed E-state index contributed by atoms with van der Waals surface area (Å²) < 4.78 is 27.7. The number of nitrogens with zero attached hydrogens (tertiary/aromatic N) is 3. The maximum absolute atomic E-state index is 13.1. The fourth-order valence-corrected chi connectivity index (χ4v) is 5.40. The molecule has 1 amide bonds. The van der Waals surface area contributed by atoms with E-state index in [0.717, 1.165) is 16.7 Å². The van der Waals surface area contributed by atoms with Crippen LogP contribution in [0.3, 0.4) is 0 Å². The van der Waals surface area contributed by atoms with Gasteiger partial charge in [0.2, 0.25) is 15.9 Å². The smallest absolute Gasteiger partial charge is 0.243 e. The molecule has 0 aromatic heterocycles. The zero-order chi connectivity index (χ0) is 18.9. The van der Waals surface area contributed by atoms with Crippen LogP contribution in [0.5, 0.6) is 0 Å². The molecule has 2 rings (SSSR count). The summed E-state index contributed by atoms with van der Waals surface area (Å²) in [7, 11) is -0.0374. The second kappa shape index (κ2) is 7.43. The van der Waals surface area contributed by atoms with Gasteiger partial charge in [-0.25, -0.2) is 8.42 Å². The molecule has 0 unspecified atom stereocenters. The van der Waals surface area contributed by atoms with Crippen LogP contribution in [-0.4, -0.2) is 74.7 Å². The highest BCUT2D eigenvalue weighted by molar-refractivity contribution is 7.89. The molecule has 0 radical (unpaired) electrons. The number of benzene rings is 1. The van der Waals surface area contributed by atoms with Crippen molar-refractivity contribution >= 4 is 15.9 Å². The van der Waals surface area contributed by atoms with Crippen LogP contribution in [0.1, 0.15) is 23.6 Å². The summed E-state index contributed by atoms with van der Waals surface area (Å²) >= 11 is 0. The largest absolute Gasteiger partial charge is 0.347 e. The molecule has 0 N–H and O–H groups in total. The lowest BCUT2D eigenvalue weighted by atomic mass is 10.1. The molecular weight excluding hydrogens is 338 g/mol. The third-order valence-electron chi connectivity index (χ3n) is 4.82. The van der Waals surface area contributed by atoms with Crippen molar-refractivity contribution in [2.45, 2.75) is 38.6 Å². The lowest BCUT2D eigenvalue weighted by Gasteiger charge is -2.37. The Hall–Kier alpha value is -1.44. The van der Waals surface area contributed by atoms with Crippen LogP contribution in [-0.2, 0) is 14.8 Å². The lowest BCUT2D eigenvalue weighted by molar-refractivity contribution is -0.134. The first kappa shape index (κ1) is 19.9. The molecule has 0 saturated carbocycles. The van der Waals surface area contributed by atoms with Crippen molar-refractivity contribution < 1.29 is 13.2 Å². The van der Waals surface area contributed by atoms with Gasteiger partial charge in [0.25, 0.3) is 0 Å². The van der Waals surface area contributed by atoms with E-state index >= 15 is 0 Å². The molecule has 1 aromatic carbocycles. The van der Waals surface area contributed by atoms with Gasteiger partial charge in [-0.2, -0.15) is 4.31 Å². The molecule has 0 aliphatic carbocycles. The first-order valence-corrected chi connectivity index (χ1v) is 10.0.